The molecule has 0 aromatic rings. The smallest absolute Gasteiger partial charge is 0.333 e. The topological polar surface area (TPSA) is 46.5 Å². The summed E-state index contributed by atoms with van der Waals surface area (Å²) in [5, 5.41) is 10.5. The Hall–Kier alpha value is -0.830. The molecule has 1 N–H and O–H groups in total. The lowest BCUT2D eigenvalue weighted by molar-refractivity contribution is -0.137. The summed E-state index contributed by atoms with van der Waals surface area (Å²) in [6.07, 6.45) is 10.7. The molecule has 0 aliphatic heterocycles. The molecule has 0 aromatic heterocycles. The average molecular weight is 361 g/mol. The van der Waals surface area contributed by atoms with Gasteiger partial charge in [0.25, 0.3) is 0 Å². The van der Waals surface area contributed by atoms with Crippen LogP contribution in [0.2, 0.25) is 0 Å². The third-order valence-electron chi connectivity index (χ3n) is 9.11. The molecule has 4 saturated carbocycles. The van der Waals surface area contributed by atoms with E-state index in [0.717, 1.165) is 48.9 Å². The van der Waals surface area contributed by atoms with Crippen LogP contribution < -0.4 is 0 Å². The van der Waals surface area contributed by atoms with E-state index in [4.69, 9.17) is 4.74 Å². The fourth-order valence-electron chi connectivity index (χ4n) is 7.93. The quantitative estimate of drug-likeness (QED) is 0.572. The Morgan fingerprint density at radius 3 is 2.46 bits per heavy atom. The van der Waals surface area contributed by atoms with Gasteiger partial charge in [-0.2, -0.15) is 0 Å². The van der Waals surface area contributed by atoms with Crippen LogP contribution in [0, 0.1) is 40.9 Å². The standard InChI is InChI=1S/C23H36O3/c1-14(21(24)26-4)19-7-8-20-18-6-5-15-13-22(2,25)11-9-16(15)17(18)10-12-23(19,20)3/h15-20,25H,1,5-13H2,2-4H3/t15-,16+,17-,18-,19-,20+,22-,23-/m1/s1. The number of methoxy groups -OCH3 is 1. The van der Waals surface area contributed by atoms with E-state index >= 15 is 0 Å². The highest BCUT2D eigenvalue weighted by Gasteiger charge is 2.58. The van der Waals surface area contributed by atoms with Crippen LogP contribution in [0.4, 0.5) is 0 Å². The first kappa shape index (κ1) is 18.5. The number of hydrogen-bond donors (Lipinski definition) is 1. The number of esters is 1. The Bertz CT molecular complexity index is 594. The highest BCUT2D eigenvalue weighted by molar-refractivity contribution is 5.88. The molecule has 146 valence electrons. The third kappa shape index (κ3) is 2.77. The van der Waals surface area contributed by atoms with Crippen molar-refractivity contribution in [2.24, 2.45) is 40.9 Å². The van der Waals surface area contributed by atoms with Gasteiger partial charge < -0.3 is 9.84 Å². The summed E-state index contributed by atoms with van der Waals surface area (Å²) in [6, 6.07) is 0. The minimum absolute atomic E-state index is 0.211. The SMILES string of the molecule is C=C(C(=O)OC)[C@H]1CC[C@H]2[C@@H]3CC[C@@H]4C[C@](C)(O)CC[C@@H]4[C@H]3CC[C@]12C. The minimum Gasteiger partial charge on any atom is -0.466 e. The van der Waals surface area contributed by atoms with Gasteiger partial charge in [-0.3, -0.25) is 0 Å². The summed E-state index contributed by atoms with van der Waals surface area (Å²) < 4.78 is 4.98. The van der Waals surface area contributed by atoms with Crippen molar-refractivity contribution in [3.8, 4) is 0 Å². The van der Waals surface area contributed by atoms with Gasteiger partial charge in [0.05, 0.1) is 12.7 Å². The van der Waals surface area contributed by atoms with Crippen molar-refractivity contribution in [1.29, 1.82) is 0 Å². The van der Waals surface area contributed by atoms with Gasteiger partial charge in [0, 0.05) is 5.57 Å². The number of rotatable bonds is 2. The van der Waals surface area contributed by atoms with Crippen molar-refractivity contribution in [3.63, 3.8) is 0 Å². The van der Waals surface area contributed by atoms with Gasteiger partial charge in [0.2, 0.25) is 0 Å². The molecular formula is C23H36O3. The van der Waals surface area contributed by atoms with Gasteiger partial charge in [0.1, 0.15) is 0 Å². The molecule has 0 heterocycles. The molecule has 8 atom stereocenters. The van der Waals surface area contributed by atoms with Crippen LogP contribution in [-0.4, -0.2) is 23.8 Å². The molecule has 0 saturated heterocycles. The van der Waals surface area contributed by atoms with Gasteiger partial charge in [-0.15, -0.1) is 0 Å². The number of fused-ring (bicyclic) bond motifs is 5. The van der Waals surface area contributed by atoms with Crippen molar-refractivity contribution in [2.75, 3.05) is 7.11 Å². The third-order valence-corrected chi connectivity index (χ3v) is 9.11. The molecule has 0 radical (unpaired) electrons. The zero-order valence-corrected chi connectivity index (χ0v) is 16.8. The number of hydrogen-bond acceptors (Lipinski definition) is 3. The van der Waals surface area contributed by atoms with Crippen molar-refractivity contribution in [2.45, 2.75) is 77.2 Å². The molecule has 3 nitrogen and oxygen atoms in total. The van der Waals surface area contributed by atoms with Crippen molar-refractivity contribution < 1.29 is 14.6 Å². The van der Waals surface area contributed by atoms with E-state index in [2.05, 4.69) is 13.5 Å². The monoisotopic (exact) mass is 360 g/mol. The lowest BCUT2D eigenvalue weighted by Gasteiger charge is -2.57. The Balaban J connectivity index is 1.53. The maximum absolute atomic E-state index is 12.1. The maximum atomic E-state index is 12.1. The fraction of sp³-hybridized carbons (Fsp3) is 0.870. The summed E-state index contributed by atoms with van der Waals surface area (Å²) >= 11 is 0. The van der Waals surface area contributed by atoms with Crippen LogP contribution in [0.1, 0.15) is 71.6 Å². The van der Waals surface area contributed by atoms with Crippen LogP contribution in [-0.2, 0) is 9.53 Å². The van der Waals surface area contributed by atoms with Gasteiger partial charge in [-0.05, 0) is 106 Å². The molecule has 0 amide bonds. The first-order chi connectivity index (χ1) is 12.3. The normalized spacial score (nSPS) is 50.3. The lowest BCUT2D eigenvalue weighted by Crippen LogP contribution is -2.50. The molecule has 0 aromatic carbocycles. The molecule has 26 heavy (non-hydrogen) atoms. The van der Waals surface area contributed by atoms with E-state index in [1.165, 1.54) is 45.6 Å². The fourth-order valence-corrected chi connectivity index (χ4v) is 7.93. The molecule has 3 heteroatoms. The number of carbonyl (C=O) groups excluding carboxylic acids is 1. The predicted octanol–water partition coefficient (Wildman–Crippen LogP) is 4.74. The summed E-state index contributed by atoms with van der Waals surface area (Å²) in [5.74, 6) is 4.02. The molecule has 4 rings (SSSR count). The average Bonchev–Trinajstić information content (AvgIpc) is 2.96. The zero-order chi connectivity index (χ0) is 18.7. The van der Waals surface area contributed by atoms with Crippen molar-refractivity contribution in [1.82, 2.24) is 0 Å². The van der Waals surface area contributed by atoms with Crippen molar-refractivity contribution >= 4 is 5.97 Å². The molecule has 4 aliphatic carbocycles. The highest BCUT2D eigenvalue weighted by atomic mass is 16.5. The van der Waals surface area contributed by atoms with E-state index in [1.54, 1.807) is 0 Å². The second-order valence-corrected chi connectivity index (χ2v) is 10.4. The van der Waals surface area contributed by atoms with Crippen molar-refractivity contribution in [3.05, 3.63) is 12.2 Å². The van der Waals surface area contributed by atoms with E-state index in [0.29, 0.717) is 11.5 Å². The summed E-state index contributed by atoms with van der Waals surface area (Å²) in [5.41, 5.74) is 0.492. The molecule has 0 spiro atoms. The highest BCUT2D eigenvalue weighted by Crippen LogP contribution is 2.65. The second-order valence-electron chi connectivity index (χ2n) is 10.4. The minimum atomic E-state index is -0.437. The molecule has 0 unspecified atom stereocenters. The largest absolute Gasteiger partial charge is 0.466 e. The Kier molecular flexibility index (Phi) is 4.53. The number of aliphatic hydroxyl groups is 1. The van der Waals surface area contributed by atoms with Crippen LogP contribution in [0.5, 0.6) is 0 Å². The van der Waals surface area contributed by atoms with E-state index in [-0.39, 0.29) is 11.4 Å². The Morgan fingerprint density at radius 1 is 1.00 bits per heavy atom. The molecule has 4 fully saturated rings. The van der Waals surface area contributed by atoms with Crippen LogP contribution in [0.15, 0.2) is 12.2 Å². The molecule has 4 aliphatic rings. The van der Waals surface area contributed by atoms with Crippen LogP contribution >= 0.6 is 0 Å². The number of carbonyl (C=O) groups is 1. The Labute approximate surface area is 158 Å². The van der Waals surface area contributed by atoms with E-state index in [9.17, 15) is 9.90 Å². The van der Waals surface area contributed by atoms with Gasteiger partial charge in [-0.1, -0.05) is 13.5 Å². The zero-order valence-electron chi connectivity index (χ0n) is 16.8. The first-order valence-corrected chi connectivity index (χ1v) is 10.8. The summed E-state index contributed by atoms with van der Waals surface area (Å²) in [7, 11) is 1.47. The predicted molar refractivity (Wildman–Crippen MR) is 102 cm³/mol. The van der Waals surface area contributed by atoms with E-state index < -0.39 is 5.60 Å². The van der Waals surface area contributed by atoms with Gasteiger partial charge in [-0.25, -0.2) is 4.79 Å². The second kappa shape index (κ2) is 6.36. The van der Waals surface area contributed by atoms with Gasteiger partial charge >= 0.3 is 5.97 Å². The molecule has 0 bridgehead atoms. The number of ether oxygens (including phenoxy) is 1. The summed E-state index contributed by atoms with van der Waals surface area (Å²) in [6.45, 7) is 8.59. The summed E-state index contributed by atoms with van der Waals surface area (Å²) in [4.78, 5) is 12.1. The van der Waals surface area contributed by atoms with Crippen LogP contribution in [0.25, 0.3) is 0 Å². The lowest BCUT2D eigenvalue weighted by atomic mass is 9.49. The van der Waals surface area contributed by atoms with Crippen LogP contribution in [0.3, 0.4) is 0 Å². The van der Waals surface area contributed by atoms with Gasteiger partial charge in [0.15, 0.2) is 0 Å². The maximum Gasteiger partial charge on any atom is 0.333 e. The molecular weight excluding hydrogens is 324 g/mol. The first-order valence-electron chi connectivity index (χ1n) is 10.8. The van der Waals surface area contributed by atoms with E-state index in [1.807, 2.05) is 6.92 Å². The Morgan fingerprint density at radius 2 is 1.73 bits per heavy atom.